The first-order valence-corrected chi connectivity index (χ1v) is 10.9. The molecular formula is C25H25BrN2O5. The van der Waals surface area contributed by atoms with Crippen molar-refractivity contribution in [2.45, 2.75) is 13.5 Å². The van der Waals surface area contributed by atoms with Gasteiger partial charge in [-0.3, -0.25) is 4.79 Å². The molecule has 0 fully saturated rings. The standard InChI is InChI=1S/C25H25BrN2O5/c1-17-8-10-18(11-9-17)15-33-25-20(26)12-19(13-23(25)31-3)14-27-28-24(29)16-32-22-7-5-4-6-21(22)30-2/h4-14H,15-16H2,1-3H3,(H,28,29)/b27-14-. The minimum absolute atomic E-state index is 0.198. The maximum absolute atomic E-state index is 12.0. The molecule has 0 saturated heterocycles. The molecule has 0 aliphatic rings. The van der Waals surface area contributed by atoms with Crippen molar-refractivity contribution in [2.75, 3.05) is 20.8 Å². The molecule has 0 aliphatic heterocycles. The number of hydrazone groups is 1. The first kappa shape index (κ1) is 24.1. The summed E-state index contributed by atoms with van der Waals surface area (Å²) in [6.07, 6.45) is 1.51. The Kier molecular flexibility index (Phi) is 8.71. The highest BCUT2D eigenvalue weighted by Crippen LogP contribution is 2.36. The molecule has 172 valence electrons. The van der Waals surface area contributed by atoms with E-state index in [4.69, 9.17) is 18.9 Å². The number of hydrogen-bond donors (Lipinski definition) is 1. The molecule has 0 saturated carbocycles. The largest absolute Gasteiger partial charge is 0.493 e. The molecule has 0 radical (unpaired) electrons. The molecule has 0 bridgehead atoms. The summed E-state index contributed by atoms with van der Waals surface area (Å²) in [5.74, 6) is 1.76. The number of rotatable bonds is 10. The molecule has 33 heavy (non-hydrogen) atoms. The number of aryl methyl sites for hydroxylation is 1. The normalized spacial score (nSPS) is 10.7. The van der Waals surface area contributed by atoms with Gasteiger partial charge in [0, 0.05) is 0 Å². The summed E-state index contributed by atoms with van der Waals surface area (Å²) in [6, 6.07) is 18.8. The second-order valence-electron chi connectivity index (χ2n) is 7.04. The van der Waals surface area contributed by atoms with Crippen LogP contribution in [0.25, 0.3) is 0 Å². The Bertz CT molecular complexity index is 1120. The van der Waals surface area contributed by atoms with Crippen molar-refractivity contribution in [3.63, 3.8) is 0 Å². The predicted molar refractivity (Wildman–Crippen MR) is 130 cm³/mol. The summed E-state index contributed by atoms with van der Waals surface area (Å²) >= 11 is 3.52. The molecule has 8 heteroatoms. The van der Waals surface area contributed by atoms with Crippen LogP contribution in [0.2, 0.25) is 0 Å². The summed E-state index contributed by atoms with van der Waals surface area (Å²) in [4.78, 5) is 12.0. The van der Waals surface area contributed by atoms with Gasteiger partial charge in [0.25, 0.3) is 5.91 Å². The van der Waals surface area contributed by atoms with Crippen LogP contribution in [-0.4, -0.2) is 32.9 Å². The first-order chi connectivity index (χ1) is 16.0. The SMILES string of the molecule is COc1ccccc1OCC(=O)N/N=C\c1cc(Br)c(OCc2ccc(C)cc2)c(OC)c1. The lowest BCUT2D eigenvalue weighted by molar-refractivity contribution is -0.123. The Hall–Kier alpha value is -3.52. The molecule has 0 unspecified atom stereocenters. The predicted octanol–water partition coefficient (Wildman–Crippen LogP) is 4.88. The molecule has 7 nitrogen and oxygen atoms in total. The molecule has 0 atom stereocenters. The van der Waals surface area contributed by atoms with Crippen molar-refractivity contribution in [1.29, 1.82) is 0 Å². The third-order valence-electron chi connectivity index (χ3n) is 4.59. The van der Waals surface area contributed by atoms with Crippen molar-refractivity contribution >= 4 is 28.1 Å². The van der Waals surface area contributed by atoms with E-state index < -0.39 is 5.91 Å². The zero-order valence-electron chi connectivity index (χ0n) is 18.6. The Balaban J connectivity index is 1.58. The zero-order valence-corrected chi connectivity index (χ0v) is 20.2. The number of carbonyl (C=O) groups is 1. The summed E-state index contributed by atoms with van der Waals surface area (Å²) in [7, 11) is 3.11. The Morgan fingerprint density at radius 3 is 2.36 bits per heavy atom. The average molecular weight is 513 g/mol. The molecular weight excluding hydrogens is 488 g/mol. The van der Waals surface area contributed by atoms with E-state index in [9.17, 15) is 4.79 Å². The van der Waals surface area contributed by atoms with Gasteiger partial charge in [0.2, 0.25) is 0 Å². The van der Waals surface area contributed by atoms with Crippen LogP contribution >= 0.6 is 15.9 Å². The molecule has 1 N–H and O–H groups in total. The fourth-order valence-corrected chi connectivity index (χ4v) is 3.46. The molecule has 0 aliphatic carbocycles. The van der Waals surface area contributed by atoms with Gasteiger partial charge in [0.1, 0.15) is 6.61 Å². The maximum Gasteiger partial charge on any atom is 0.277 e. The smallest absolute Gasteiger partial charge is 0.277 e. The molecule has 1 amide bonds. The van der Waals surface area contributed by atoms with E-state index in [0.717, 1.165) is 5.56 Å². The third-order valence-corrected chi connectivity index (χ3v) is 5.18. The van der Waals surface area contributed by atoms with Crippen molar-refractivity contribution in [2.24, 2.45) is 5.10 Å². The number of nitrogens with one attached hydrogen (secondary N) is 1. The van der Waals surface area contributed by atoms with E-state index >= 15 is 0 Å². The van der Waals surface area contributed by atoms with Gasteiger partial charge < -0.3 is 18.9 Å². The van der Waals surface area contributed by atoms with Crippen LogP contribution < -0.4 is 24.4 Å². The lowest BCUT2D eigenvalue weighted by atomic mass is 10.2. The molecule has 3 aromatic rings. The maximum atomic E-state index is 12.0. The topological polar surface area (TPSA) is 78.4 Å². The van der Waals surface area contributed by atoms with Gasteiger partial charge in [0.05, 0.1) is 24.9 Å². The zero-order chi connectivity index (χ0) is 23.6. The highest BCUT2D eigenvalue weighted by Gasteiger charge is 2.12. The number of hydrogen-bond acceptors (Lipinski definition) is 6. The summed E-state index contributed by atoms with van der Waals surface area (Å²) in [5.41, 5.74) is 5.40. The molecule has 3 aromatic carbocycles. The van der Waals surface area contributed by atoms with Gasteiger partial charge in [-0.25, -0.2) is 5.43 Å². The van der Waals surface area contributed by atoms with Crippen molar-refractivity contribution in [3.8, 4) is 23.0 Å². The first-order valence-electron chi connectivity index (χ1n) is 10.1. The Labute approximate surface area is 201 Å². The average Bonchev–Trinajstić information content (AvgIpc) is 2.83. The van der Waals surface area contributed by atoms with E-state index in [-0.39, 0.29) is 6.61 Å². The number of halogens is 1. The van der Waals surface area contributed by atoms with Crippen LogP contribution in [0.1, 0.15) is 16.7 Å². The van der Waals surface area contributed by atoms with E-state index in [1.54, 1.807) is 31.4 Å². The van der Waals surface area contributed by atoms with E-state index in [0.29, 0.717) is 39.6 Å². The van der Waals surface area contributed by atoms with Gasteiger partial charge >= 0.3 is 0 Å². The number of nitrogens with zero attached hydrogens (tertiary/aromatic N) is 1. The van der Waals surface area contributed by atoms with Crippen LogP contribution in [0.5, 0.6) is 23.0 Å². The molecule has 0 heterocycles. The highest BCUT2D eigenvalue weighted by molar-refractivity contribution is 9.10. The fraction of sp³-hybridized carbons (Fsp3) is 0.200. The summed E-state index contributed by atoms with van der Waals surface area (Å²) in [5, 5.41) is 3.99. The second-order valence-corrected chi connectivity index (χ2v) is 7.90. The van der Waals surface area contributed by atoms with Crippen LogP contribution in [0.15, 0.2) is 70.2 Å². The minimum Gasteiger partial charge on any atom is -0.493 e. The van der Waals surface area contributed by atoms with E-state index in [1.807, 2.05) is 43.3 Å². The van der Waals surface area contributed by atoms with Crippen molar-refractivity contribution in [1.82, 2.24) is 5.43 Å². The molecule has 0 spiro atoms. The van der Waals surface area contributed by atoms with Crippen LogP contribution in [0.3, 0.4) is 0 Å². The lowest BCUT2D eigenvalue weighted by Crippen LogP contribution is -2.24. The third kappa shape index (κ3) is 6.98. The van der Waals surface area contributed by atoms with E-state index in [2.05, 4.69) is 26.5 Å². The second kappa shape index (κ2) is 11.9. The lowest BCUT2D eigenvalue weighted by Gasteiger charge is -2.13. The Morgan fingerprint density at radius 2 is 1.67 bits per heavy atom. The van der Waals surface area contributed by atoms with Gasteiger partial charge in [-0.05, 0) is 58.2 Å². The number of ether oxygens (including phenoxy) is 4. The summed E-state index contributed by atoms with van der Waals surface area (Å²) < 4.78 is 22.8. The number of para-hydroxylation sites is 2. The minimum atomic E-state index is -0.402. The highest BCUT2D eigenvalue weighted by atomic mass is 79.9. The monoisotopic (exact) mass is 512 g/mol. The van der Waals surface area contributed by atoms with E-state index in [1.165, 1.54) is 18.9 Å². The van der Waals surface area contributed by atoms with Crippen molar-refractivity contribution in [3.05, 3.63) is 81.8 Å². The molecule has 3 rings (SSSR count). The number of methoxy groups -OCH3 is 2. The Morgan fingerprint density at radius 1 is 0.970 bits per heavy atom. The van der Waals surface area contributed by atoms with Crippen LogP contribution in [-0.2, 0) is 11.4 Å². The molecule has 0 aromatic heterocycles. The van der Waals surface area contributed by atoms with Crippen LogP contribution in [0, 0.1) is 6.92 Å². The van der Waals surface area contributed by atoms with Gasteiger partial charge in [-0.15, -0.1) is 0 Å². The van der Waals surface area contributed by atoms with Crippen molar-refractivity contribution < 1.29 is 23.7 Å². The van der Waals surface area contributed by atoms with Crippen LogP contribution in [0.4, 0.5) is 0 Å². The number of benzene rings is 3. The quantitative estimate of drug-likeness (QED) is 0.309. The van der Waals surface area contributed by atoms with Gasteiger partial charge in [-0.2, -0.15) is 5.10 Å². The van der Waals surface area contributed by atoms with Gasteiger partial charge in [-0.1, -0.05) is 42.0 Å². The number of amides is 1. The van der Waals surface area contributed by atoms with Gasteiger partial charge in [0.15, 0.2) is 29.6 Å². The fourth-order valence-electron chi connectivity index (χ4n) is 2.89. The number of carbonyl (C=O) groups excluding carboxylic acids is 1. The summed E-state index contributed by atoms with van der Waals surface area (Å²) in [6.45, 7) is 2.25.